The minimum atomic E-state index is -0.106. The molecule has 6 heteroatoms. The minimum Gasteiger partial charge on any atom is -0.372 e. The fourth-order valence-electron chi connectivity index (χ4n) is 3.72. The number of rotatable bonds is 5. The van der Waals surface area contributed by atoms with Crippen molar-refractivity contribution in [2.75, 3.05) is 23.3 Å². The van der Waals surface area contributed by atoms with Gasteiger partial charge >= 0.3 is 0 Å². The molecule has 1 aromatic heterocycles. The van der Waals surface area contributed by atoms with Crippen LogP contribution in [0.3, 0.4) is 0 Å². The number of carbonyl (C=O) groups is 1. The molecule has 2 heterocycles. The van der Waals surface area contributed by atoms with E-state index >= 15 is 0 Å². The van der Waals surface area contributed by atoms with E-state index in [1.165, 1.54) is 24.7 Å². The van der Waals surface area contributed by atoms with E-state index in [0.717, 1.165) is 29.9 Å². The smallest absolute Gasteiger partial charge is 0.226 e. The Hall–Kier alpha value is -3.15. The third-order valence-corrected chi connectivity index (χ3v) is 5.27. The fraction of sp³-hybridized carbons (Fsp3) is 0.318. The van der Waals surface area contributed by atoms with Crippen LogP contribution < -0.4 is 15.6 Å². The molecule has 1 fully saturated rings. The molecule has 2 aromatic carbocycles. The predicted molar refractivity (Wildman–Crippen MR) is 112 cm³/mol. The van der Waals surface area contributed by atoms with Crippen molar-refractivity contribution in [3.05, 3.63) is 64.4 Å². The van der Waals surface area contributed by atoms with Gasteiger partial charge in [0, 0.05) is 36.3 Å². The first-order valence-electron chi connectivity index (χ1n) is 9.72. The number of amides is 1. The molecule has 0 atom stereocenters. The molecule has 0 saturated carbocycles. The number of hydrogen-bond donors (Lipinski definition) is 1. The van der Waals surface area contributed by atoms with Gasteiger partial charge in [-0.25, -0.2) is 0 Å². The van der Waals surface area contributed by atoms with Gasteiger partial charge in [-0.15, -0.1) is 0 Å². The third-order valence-electron chi connectivity index (χ3n) is 5.27. The van der Waals surface area contributed by atoms with Gasteiger partial charge in [0.1, 0.15) is 0 Å². The van der Waals surface area contributed by atoms with Crippen molar-refractivity contribution in [1.29, 1.82) is 0 Å². The largest absolute Gasteiger partial charge is 0.372 e. The monoisotopic (exact) mass is 376 g/mol. The van der Waals surface area contributed by atoms with E-state index in [0.29, 0.717) is 11.9 Å². The van der Waals surface area contributed by atoms with E-state index in [-0.39, 0.29) is 17.8 Å². The number of nitrogens with one attached hydrogen (secondary N) is 1. The topological polar surface area (TPSA) is 67.2 Å². The fourth-order valence-corrected chi connectivity index (χ4v) is 3.72. The predicted octanol–water partition coefficient (Wildman–Crippen LogP) is 3.33. The summed E-state index contributed by atoms with van der Waals surface area (Å²) in [5, 5.41) is 7.79. The lowest BCUT2D eigenvalue weighted by Crippen LogP contribution is -2.19. The van der Waals surface area contributed by atoms with Crippen LogP contribution in [0, 0.1) is 6.92 Å². The summed E-state index contributed by atoms with van der Waals surface area (Å²) in [6.07, 6.45) is 4.07. The van der Waals surface area contributed by atoms with Gasteiger partial charge in [0.15, 0.2) is 0 Å². The maximum absolute atomic E-state index is 12.5. The lowest BCUT2D eigenvalue weighted by atomic mass is 10.1. The Kier molecular flexibility index (Phi) is 5.10. The lowest BCUT2D eigenvalue weighted by molar-refractivity contribution is -0.116. The average Bonchev–Trinajstić information content (AvgIpc) is 3.24. The number of anilines is 2. The van der Waals surface area contributed by atoms with E-state index in [2.05, 4.69) is 27.4 Å². The molecule has 6 nitrogen and oxygen atoms in total. The van der Waals surface area contributed by atoms with Gasteiger partial charge in [-0.2, -0.15) is 5.10 Å². The van der Waals surface area contributed by atoms with Crippen LogP contribution in [-0.2, 0) is 11.3 Å². The first-order chi connectivity index (χ1) is 13.6. The quantitative estimate of drug-likeness (QED) is 0.742. The van der Waals surface area contributed by atoms with Crippen LogP contribution in [0.15, 0.2) is 53.5 Å². The number of fused-ring (bicyclic) bond motifs is 1. The van der Waals surface area contributed by atoms with Crippen LogP contribution in [0.5, 0.6) is 0 Å². The lowest BCUT2D eigenvalue weighted by Gasteiger charge is -2.19. The van der Waals surface area contributed by atoms with Crippen molar-refractivity contribution < 1.29 is 4.79 Å². The highest BCUT2D eigenvalue weighted by Gasteiger charge is 2.14. The van der Waals surface area contributed by atoms with E-state index in [4.69, 9.17) is 0 Å². The number of carbonyl (C=O) groups excluding carboxylic acids is 1. The van der Waals surface area contributed by atoms with Crippen LogP contribution >= 0.6 is 0 Å². The van der Waals surface area contributed by atoms with Crippen molar-refractivity contribution in [2.45, 2.75) is 32.7 Å². The highest BCUT2D eigenvalue weighted by molar-refractivity contribution is 5.91. The molecule has 4 rings (SSSR count). The van der Waals surface area contributed by atoms with Gasteiger partial charge in [0.2, 0.25) is 11.3 Å². The summed E-state index contributed by atoms with van der Waals surface area (Å²) in [4.78, 5) is 26.8. The van der Waals surface area contributed by atoms with Crippen LogP contribution in [0.25, 0.3) is 10.9 Å². The zero-order valence-corrected chi connectivity index (χ0v) is 16.0. The summed E-state index contributed by atoms with van der Waals surface area (Å²) in [5.41, 5.74) is 3.76. The third kappa shape index (κ3) is 3.76. The number of aryl methyl sites for hydroxylation is 2. The maximum Gasteiger partial charge on any atom is 0.226 e. The van der Waals surface area contributed by atoms with Gasteiger partial charge in [-0.3, -0.25) is 14.3 Å². The van der Waals surface area contributed by atoms with Gasteiger partial charge in [0.25, 0.3) is 0 Å². The van der Waals surface area contributed by atoms with Gasteiger partial charge in [0.05, 0.1) is 18.3 Å². The molecule has 0 spiro atoms. The van der Waals surface area contributed by atoms with Crippen molar-refractivity contribution >= 4 is 28.2 Å². The summed E-state index contributed by atoms with van der Waals surface area (Å²) in [5.74, 6) is -0.0680. The van der Waals surface area contributed by atoms with E-state index in [1.54, 1.807) is 10.7 Å². The van der Waals surface area contributed by atoms with Crippen molar-refractivity contribution in [1.82, 2.24) is 9.78 Å². The van der Waals surface area contributed by atoms with Crippen LogP contribution in [0.4, 0.5) is 11.4 Å². The molecule has 0 unspecified atom stereocenters. The Balaban J connectivity index is 1.43. The van der Waals surface area contributed by atoms with Crippen molar-refractivity contribution in [3.8, 4) is 0 Å². The Labute approximate surface area is 163 Å². The molecule has 1 aliphatic heterocycles. The van der Waals surface area contributed by atoms with E-state index in [1.807, 2.05) is 31.2 Å². The first kappa shape index (κ1) is 18.2. The van der Waals surface area contributed by atoms with E-state index < -0.39 is 0 Å². The Morgan fingerprint density at radius 1 is 1.14 bits per heavy atom. The first-order valence-corrected chi connectivity index (χ1v) is 9.72. The number of hydrogen-bond acceptors (Lipinski definition) is 4. The molecule has 1 saturated heterocycles. The Bertz CT molecular complexity index is 1070. The number of aromatic nitrogens is 2. The molecule has 1 N–H and O–H groups in total. The summed E-state index contributed by atoms with van der Waals surface area (Å²) in [6, 6.07) is 13.5. The molecular weight excluding hydrogens is 352 g/mol. The average molecular weight is 376 g/mol. The number of nitrogens with zero attached hydrogens (tertiary/aromatic N) is 3. The molecule has 0 radical (unpaired) electrons. The zero-order valence-electron chi connectivity index (χ0n) is 16.0. The zero-order chi connectivity index (χ0) is 19.5. The summed E-state index contributed by atoms with van der Waals surface area (Å²) >= 11 is 0. The van der Waals surface area contributed by atoms with Crippen LogP contribution in [0.2, 0.25) is 0 Å². The minimum absolute atomic E-state index is 0.0680. The molecule has 1 aliphatic rings. The van der Waals surface area contributed by atoms with Crippen molar-refractivity contribution in [3.63, 3.8) is 0 Å². The Morgan fingerprint density at radius 3 is 2.71 bits per heavy atom. The molecule has 0 bridgehead atoms. The maximum atomic E-state index is 12.5. The Morgan fingerprint density at radius 2 is 1.93 bits per heavy atom. The number of para-hydroxylation sites is 1. The van der Waals surface area contributed by atoms with Gasteiger partial charge < -0.3 is 10.2 Å². The highest BCUT2D eigenvalue weighted by atomic mass is 16.1. The van der Waals surface area contributed by atoms with E-state index in [9.17, 15) is 9.59 Å². The second-order valence-corrected chi connectivity index (χ2v) is 7.24. The van der Waals surface area contributed by atoms with Gasteiger partial charge in [-0.05, 0) is 55.7 Å². The van der Waals surface area contributed by atoms with Crippen molar-refractivity contribution in [2.24, 2.45) is 0 Å². The summed E-state index contributed by atoms with van der Waals surface area (Å²) < 4.78 is 1.71. The van der Waals surface area contributed by atoms with Crippen LogP contribution in [-0.4, -0.2) is 28.8 Å². The molecular formula is C22H24N4O2. The second-order valence-electron chi connectivity index (χ2n) is 7.24. The molecule has 28 heavy (non-hydrogen) atoms. The van der Waals surface area contributed by atoms with Gasteiger partial charge in [-0.1, -0.05) is 12.1 Å². The molecule has 0 aliphatic carbocycles. The standard InChI is InChI=1S/C22H24N4O2/c1-16-14-17(25-11-4-5-12-25)8-9-19(16)24-22(28)10-13-26-20-7-3-2-6-18(20)21(27)15-23-26/h2-3,6-9,14-15H,4-5,10-13H2,1H3,(H,24,28). The molecule has 144 valence electrons. The number of benzene rings is 2. The molecule has 3 aromatic rings. The SMILES string of the molecule is Cc1cc(N2CCCC2)ccc1NC(=O)CCn1ncc(=O)c2ccccc21. The van der Waals surface area contributed by atoms with Crippen LogP contribution in [0.1, 0.15) is 24.8 Å². The summed E-state index contributed by atoms with van der Waals surface area (Å²) in [7, 11) is 0. The normalized spacial score (nSPS) is 13.8. The second kappa shape index (κ2) is 7.84. The highest BCUT2D eigenvalue weighted by Crippen LogP contribution is 2.25. The molecule has 1 amide bonds. The summed E-state index contributed by atoms with van der Waals surface area (Å²) in [6.45, 7) is 4.64.